The Bertz CT molecular complexity index is 469. The predicted octanol–water partition coefficient (Wildman–Crippen LogP) is -1.61. The summed E-state index contributed by atoms with van der Waals surface area (Å²) in [5.41, 5.74) is -0.806. The Labute approximate surface area is 136 Å². The topological polar surface area (TPSA) is 104 Å². The zero-order valence-corrected chi connectivity index (χ0v) is 13.9. The van der Waals surface area contributed by atoms with Crippen molar-refractivity contribution < 1.29 is 25.2 Å². The molecule has 0 aromatic heterocycles. The van der Waals surface area contributed by atoms with Gasteiger partial charge in [0.2, 0.25) is 0 Å². The van der Waals surface area contributed by atoms with Gasteiger partial charge in [-0.25, -0.2) is 0 Å². The molecule has 4 bridgehead atoms. The maximum atomic E-state index is 12.9. The van der Waals surface area contributed by atoms with Crippen LogP contribution in [0, 0.1) is 10.8 Å². The van der Waals surface area contributed by atoms with Crippen molar-refractivity contribution in [2.24, 2.45) is 10.8 Å². The number of hydrogen-bond donors (Lipinski definition) is 4. The molecule has 7 nitrogen and oxygen atoms in total. The Morgan fingerprint density at radius 1 is 1.17 bits per heavy atom. The van der Waals surface area contributed by atoms with E-state index in [-0.39, 0.29) is 5.41 Å². The molecule has 0 spiro atoms. The molecule has 7 heteroatoms. The number of carbonyl (C=O) groups is 1. The number of piperidine rings is 2. The summed E-state index contributed by atoms with van der Waals surface area (Å²) >= 11 is 0. The molecule has 132 valence electrons. The maximum Gasteiger partial charge on any atom is 0.150 e. The van der Waals surface area contributed by atoms with Crippen LogP contribution in [0.2, 0.25) is 0 Å². The van der Waals surface area contributed by atoms with E-state index in [1.807, 2.05) is 6.92 Å². The monoisotopic (exact) mass is 328 g/mol. The number of rotatable bonds is 6. The summed E-state index contributed by atoms with van der Waals surface area (Å²) in [4.78, 5) is 17.1. The standard InChI is InChI=1S/C16H28N2O5/c1-3-4-16-8-17-6-15(2,14(16)23)7-18(9-16)13(17)12(22)11(21)10(20)5-19/h10-13,19-22H,3-9H2,1-2H3/t10-,11-,12+,13?,15?,16?/m1/s1. The lowest BCUT2D eigenvalue weighted by molar-refractivity contribution is -0.229. The van der Waals surface area contributed by atoms with Crippen LogP contribution in [0.4, 0.5) is 0 Å². The summed E-state index contributed by atoms with van der Waals surface area (Å²) in [6.07, 6.45) is -2.62. The van der Waals surface area contributed by atoms with E-state index in [0.29, 0.717) is 32.0 Å². The van der Waals surface area contributed by atoms with E-state index in [1.54, 1.807) is 0 Å². The highest BCUT2D eigenvalue weighted by molar-refractivity contribution is 5.93. The smallest absolute Gasteiger partial charge is 0.150 e. The van der Waals surface area contributed by atoms with E-state index in [1.165, 1.54) is 0 Å². The second-order valence-corrected chi connectivity index (χ2v) is 7.87. The van der Waals surface area contributed by atoms with Gasteiger partial charge < -0.3 is 20.4 Å². The van der Waals surface area contributed by atoms with E-state index in [2.05, 4.69) is 16.7 Å². The van der Waals surface area contributed by atoms with Gasteiger partial charge in [-0.15, -0.1) is 0 Å². The second-order valence-electron chi connectivity index (χ2n) is 7.87. The average Bonchev–Trinajstić information content (AvgIpc) is 2.49. The van der Waals surface area contributed by atoms with Gasteiger partial charge in [-0.1, -0.05) is 20.3 Å². The molecule has 5 atom stereocenters. The Balaban J connectivity index is 1.86. The summed E-state index contributed by atoms with van der Waals surface area (Å²) < 4.78 is 0. The van der Waals surface area contributed by atoms with Gasteiger partial charge in [0.25, 0.3) is 0 Å². The van der Waals surface area contributed by atoms with Crippen molar-refractivity contribution in [2.75, 3.05) is 32.8 Å². The second kappa shape index (κ2) is 5.75. The number of hydrogen-bond acceptors (Lipinski definition) is 7. The van der Waals surface area contributed by atoms with Crippen molar-refractivity contribution in [1.29, 1.82) is 0 Å². The first-order valence-electron chi connectivity index (χ1n) is 8.46. The summed E-state index contributed by atoms with van der Waals surface area (Å²) in [7, 11) is 0. The fraction of sp³-hybridized carbons (Fsp3) is 0.938. The number of ketones is 1. The minimum atomic E-state index is -1.41. The normalized spacial score (nSPS) is 46.0. The summed E-state index contributed by atoms with van der Waals surface area (Å²) in [5, 5.41) is 39.2. The first-order chi connectivity index (χ1) is 10.8. The molecule has 0 saturated carbocycles. The van der Waals surface area contributed by atoms with Crippen molar-refractivity contribution in [2.45, 2.75) is 51.2 Å². The van der Waals surface area contributed by atoms with Gasteiger partial charge >= 0.3 is 0 Å². The lowest BCUT2D eigenvalue weighted by atomic mass is 9.59. The van der Waals surface area contributed by atoms with Crippen LogP contribution < -0.4 is 0 Å². The molecule has 4 saturated heterocycles. The van der Waals surface area contributed by atoms with Gasteiger partial charge in [0.05, 0.1) is 23.6 Å². The molecular weight excluding hydrogens is 300 g/mol. The predicted molar refractivity (Wildman–Crippen MR) is 82.5 cm³/mol. The third-order valence-corrected chi connectivity index (χ3v) is 5.86. The maximum absolute atomic E-state index is 12.9. The van der Waals surface area contributed by atoms with Crippen LogP contribution in [0.15, 0.2) is 0 Å². The molecule has 4 N–H and O–H groups in total. The van der Waals surface area contributed by atoms with Crippen LogP contribution in [-0.2, 0) is 4.79 Å². The van der Waals surface area contributed by atoms with Crippen molar-refractivity contribution >= 4 is 5.78 Å². The molecule has 0 aromatic rings. The van der Waals surface area contributed by atoms with Crippen molar-refractivity contribution in [3.8, 4) is 0 Å². The van der Waals surface area contributed by atoms with Gasteiger partial charge in [0.15, 0.2) is 0 Å². The fourth-order valence-electron chi connectivity index (χ4n) is 5.11. The van der Waals surface area contributed by atoms with Crippen molar-refractivity contribution in [3.63, 3.8) is 0 Å². The zero-order valence-electron chi connectivity index (χ0n) is 13.9. The number of Topliss-reactive ketones (excluding diaryl/α,β-unsaturated/α-hetero) is 1. The highest BCUT2D eigenvalue weighted by Gasteiger charge is 2.64. The number of aliphatic hydroxyl groups excluding tert-OH is 4. The summed E-state index contributed by atoms with van der Waals surface area (Å²) in [6, 6.07) is 0. The van der Waals surface area contributed by atoms with Crippen LogP contribution >= 0.6 is 0 Å². The number of nitrogens with zero attached hydrogens (tertiary/aromatic N) is 2. The Hall–Kier alpha value is -0.570. The van der Waals surface area contributed by atoms with Crippen LogP contribution in [0.5, 0.6) is 0 Å². The third kappa shape index (κ3) is 2.45. The quantitative estimate of drug-likeness (QED) is 0.465. The number of aliphatic hydroxyl groups is 4. The molecule has 4 aliphatic rings. The minimum absolute atomic E-state index is 0.336. The molecule has 4 aliphatic heterocycles. The van der Waals surface area contributed by atoms with Crippen molar-refractivity contribution in [3.05, 3.63) is 0 Å². The molecule has 2 unspecified atom stereocenters. The van der Waals surface area contributed by atoms with Crippen LogP contribution in [0.3, 0.4) is 0 Å². The van der Waals surface area contributed by atoms with Crippen LogP contribution in [0.25, 0.3) is 0 Å². The molecular formula is C16H28N2O5. The Morgan fingerprint density at radius 2 is 1.74 bits per heavy atom. The van der Waals surface area contributed by atoms with Crippen molar-refractivity contribution in [1.82, 2.24) is 9.80 Å². The highest BCUT2D eigenvalue weighted by Crippen LogP contribution is 2.50. The van der Waals surface area contributed by atoms with E-state index < -0.39 is 36.5 Å². The van der Waals surface area contributed by atoms with Gasteiger partial charge in [-0.2, -0.15) is 0 Å². The first kappa shape index (κ1) is 17.3. The molecule has 0 radical (unpaired) electrons. The zero-order chi connectivity index (χ0) is 17.0. The van der Waals surface area contributed by atoms with Gasteiger partial charge in [-0.05, 0) is 6.42 Å². The first-order valence-corrected chi connectivity index (χ1v) is 8.46. The van der Waals surface area contributed by atoms with Gasteiger partial charge in [0, 0.05) is 26.2 Å². The Kier molecular flexibility index (Phi) is 4.32. The van der Waals surface area contributed by atoms with Gasteiger partial charge in [0.1, 0.15) is 24.1 Å². The minimum Gasteiger partial charge on any atom is -0.394 e. The average molecular weight is 328 g/mol. The molecule has 0 aromatic carbocycles. The molecule has 0 aliphatic carbocycles. The fourth-order valence-corrected chi connectivity index (χ4v) is 5.11. The third-order valence-electron chi connectivity index (χ3n) is 5.86. The largest absolute Gasteiger partial charge is 0.394 e. The molecule has 0 amide bonds. The SMILES string of the molecule is CCCC12CN3CC(C)(CN(C1)C3[C@@H](O)[C@H](O)[C@H](O)CO)C2=O. The van der Waals surface area contributed by atoms with E-state index in [4.69, 9.17) is 5.11 Å². The van der Waals surface area contributed by atoms with E-state index in [0.717, 1.165) is 12.8 Å². The summed E-state index contributed by atoms with van der Waals surface area (Å²) in [5.74, 6) is 0.336. The highest BCUT2D eigenvalue weighted by atomic mass is 16.4. The summed E-state index contributed by atoms with van der Waals surface area (Å²) in [6.45, 7) is 5.78. The molecule has 4 fully saturated rings. The molecule has 4 heterocycles. The lowest BCUT2D eigenvalue weighted by Crippen LogP contribution is -2.81. The molecule has 4 rings (SSSR count). The Morgan fingerprint density at radius 3 is 2.22 bits per heavy atom. The van der Waals surface area contributed by atoms with E-state index in [9.17, 15) is 20.1 Å². The van der Waals surface area contributed by atoms with Crippen LogP contribution in [0.1, 0.15) is 26.7 Å². The van der Waals surface area contributed by atoms with Crippen LogP contribution in [-0.4, -0.2) is 93.3 Å². The van der Waals surface area contributed by atoms with Gasteiger partial charge in [-0.3, -0.25) is 14.6 Å². The number of carbonyl (C=O) groups excluding carboxylic acids is 1. The lowest BCUT2D eigenvalue weighted by Gasteiger charge is -2.66. The molecule has 23 heavy (non-hydrogen) atoms. The van der Waals surface area contributed by atoms with E-state index >= 15 is 0 Å².